The van der Waals surface area contributed by atoms with Crippen molar-refractivity contribution in [1.29, 1.82) is 0 Å². The quantitative estimate of drug-likeness (QED) is 0.470. The van der Waals surface area contributed by atoms with Crippen molar-refractivity contribution in [2.75, 3.05) is 40.4 Å². The summed E-state index contributed by atoms with van der Waals surface area (Å²) in [4.78, 5) is 22.9. The summed E-state index contributed by atoms with van der Waals surface area (Å²) in [6.45, 7) is 0.708. The maximum absolute atomic E-state index is 12.8. The first-order chi connectivity index (χ1) is 16.1. The number of hydrogen-bond acceptors (Lipinski definition) is 9. The lowest BCUT2D eigenvalue weighted by Crippen LogP contribution is -2.20. The van der Waals surface area contributed by atoms with Crippen LogP contribution in [0.25, 0.3) is 6.08 Å². The van der Waals surface area contributed by atoms with Crippen LogP contribution in [0.3, 0.4) is 0 Å². The lowest BCUT2D eigenvalue weighted by atomic mass is 10.1. The molecule has 2 aromatic rings. The van der Waals surface area contributed by atoms with E-state index < -0.39 is 28.3 Å². The van der Waals surface area contributed by atoms with Crippen molar-refractivity contribution in [2.45, 2.75) is 12.7 Å². The van der Waals surface area contributed by atoms with E-state index in [1.54, 1.807) is 18.2 Å². The van der Waals surface area contributed by atoms with E-state index >= 15 is 0 Å². The SMILES string of the molecule is COc1cc(OC)c(/C=C\S(=O)(=O)Cc2ccc(OC)c(NC(=O)COC(C)=O)c2)c(OC)c1. The van der Waals surface area contributed by atoms with Crippen molar-refractivity contribution >= 4 is 33.5 Å². The summed E-state index contributed by atoms with van der Waals surface area (Å²) in [6.07, 6.45) is 1.39. The lowest BCUT2D eigenvalue weighted by molar-refractivity contribution is -0.144. The van der Waals surface area contributed by atoms with E-state index in [9.17, 15) is 18.0 Å². The highest BCUT2D eigenvalue weighted by Gasteiger charge is 2.16. The Morgan fingerprint density at radius 1 is 0.912 bits per heavy atom. The smallest absolute Gasteiger partial charge is 0.303 e. The summed E-state index contributed by atoms with van der Waals surface area (Å²) in [6, 6.07) is 7.81. The van der Waals surface area contributed by atoms with E-state index in [1.807, 2.05) is 0 Å². The number of rotatable bonds is 11. The second kappa shape index (κ2) is 11.9. The molecule has 1 amide bonds. The normalized spacial score (nSPS) is 11.1. The maximum atomic E-state index is 12.8. The number of ether oxygens (including phenoxy) is 5. The molecule has 0 aliphatic heterocycles. The zero-order valence-corrected chi connectivity index (χ0v) is 20.4. The molecule has 0 unspecified atom stereocenters. The van der Waals surface area contributed by atoms with E-state index in [0.29, 0.717) is 34.1 Å². The number of benzene rings is 2. The molecule has 10 nitrogen and oxygen atoms in total. The van der Waals surface area contributed by atoms with E-state index in [4.69, 9.17) is 18.9 Å². The highest BCUT2D eigenvalue weighted by molar-refractivity contribution is 7.93. The molecular weight excluding hydrogens is 466 g/mol. The van der Waals surface area contributed by atoms with Crippen LogP contribution in [0.15, 0.2) is 35.7 Å². The van der Waals surface area contributed by atoms with Crippen LogP contribution in [0.2, 0.25) is 0 Å². The van der Waals surface area contributed by atoms with Gasteiger partial charge < -0.3 is 29.0 Å². The molecule has 0 heterocycles. The van der Waals surface area contributed by atoms with Crippen LogP contribution in [0, 0.1) is 0 Å². The van der Waals surface area contributed by atoms with Crippen molar-refractivity contribution in [1.82, 2.24) is 0 Å². The van der Waals surface area contributed by atoms with Crippen molar-refractivity contribution in [3.05, 3.63) is 46.9 Å². The van der Waals surface area contributed by atoms with Gasteiger partial charge in [-0.3, -0.25) is 9.59 Å². The van der Waals surface area contributed by atoms with Crippen LogP contribution in [0.1, 0.15) is 18.1 Å². The van der Waals surface area contributed by atoms with Crippen molar-refractivity contribution in [3.63, 3.8) is 0 Å². The van der Waals surface area contributed by atoms with Gasteiger partial charge in [0.15, 0.2) is 16.4 Å². The Balaban J connectivity index is 2.27. The molecule has 0 aromatic heterocycles. The summed E-state index contributed by atoms with van der Waals surface area (Å²) in [5.74, 6) is 0.0395. The average Bonchev–Trinajstić information content (AvgIpc) is 2.80. The molecular formula is C23H27NO9S. The summed E-state index contributed by atoms with van der Waals surface area (Å²) in [5.41, 5.74) is 1.08. The number of anilines is 1. The molecule has 1 N–H and O–H groups in total. The third-order valence-electron chi connectivity index (χ3n) is 4.51. The Hall–Kier alpha value is -3.73. The molecule has 0 atom stereocenters. The molecule has 34 heavy (non-hydrogen) atoms. The monoisotopic (exact) mass is 493 g/mol. The van der Waals surface area contributed by atoms with Crippen LogP contribution in [0.4, 0.5) is 5.69 Å². The number of esters is 1. The first-order valence-corrected chi connectivity index (χ1v) is 11.6. The van der Waals surface area contributed by atoms with Crippen LogP contribution >= 0.6 is 0 Å². The van der Waals surface area contributed by atoms with E-state index in [1.165, 1.54) is 53.6 Å². The van der Waals surface area contributed by atoms with Gasteiger partial charge in [0.25, 0.3) is 5.91 Å². The molecule has 0 aliphatic carbocycles. The predicted molar refractivity (Wildman–Crippen MR) is 126 cm³/mol. The summed E-state index contributed by atoms with van der Waals surface area (Å²) >= 11 is 0. The minimum Gasteiger partial charge on any atom is -0.496 e. The number of sulfone groups is 1. The minimum absolute atomic E-state index is 0.245. The molecule has 11 heteroatoms. The van der Waals surface area contributed by atoms with Gasteiger partial charge in [0.1, 0.15) is 23.0 Å². The predicted octanol–water partition coefficient (Wildman–Crippen LogP) is 2.81. The van der Waals surface area contributed by atoms with Gasteiger partial charge in [-0.2, -0.15) is 0 Å². The third-order valence-corrected chi connectivity index (χ3v) is 5.79. The molecule has 2 aromatic carbocycles. The summed E-state index contributed by atoms with van der Waals surface area (Å²) in [5, 5.41) is 3.60. The number of carbonyl (C=O) groups is 2. The van der Waals surface area contributed by atoms with E-state index in [0.717, 1.165) is 5.41 Å². The number of methoxy groups -OCH3 is 4. The number of amides is 1. The minimum atomic E-state index is -3.73. The van der Waals surface area contributed by atoms with Gasteiger partial charge in [0, 0.05) is 24.5 Å². The van der Waals surface area contributed by atoms with Gasteiger partial charge in [-0.1, -0.05) is 6.07 Å². The lowest BCUT2D eigenvalue weighted by Gasteiger charge is -2.13. The van der Waals surface area contributed by atoms with Crippen LogP contribution in [0.5, 0.6) is 23.0 Å². The summed E-state index contributed by atoms with van der Waals surface area (Å²) in [7, 11) is 2.08. The first-order valence-electron chi connectivity index (χ1n) is 9.93. The maximum Gasteiger partial charge on any atom is 0.303 e. The highest BCUT2D eigenvalue weighted by Crippen LogP contribution is 2.35. The fourth-order valence-corrected chi connectivity index (χ4v) is 4.03. The van der Waals surface area contributed by atoms with Gasteiger partial charge in [0.05, 0.1) is 45.4 Å². The average molecular weight is 494 g/mol. The second-order valence-corrected chi connectivity index (χ2v) is 8.81. The van der Waals surface area contributed by atoms with Crippen LogP contribution < -0.4 is 24.3 Å². The van der Waals surface area contributed by atoms with Crippen molar-refractivity contribution in [2.24, 2.45) is 0 Å². The zero-order chi connectivity index (χ0) is 25.3. The number of hydrogen-bond donors (Lipinski definition) is 1. The van der Waals surface area contributed by atoms with Crippen LogP contribution in [-0.4, -0.2) is 55.3 Å². The largest absolute Gasteiger partial charge is 0.496 e. The van der Waals surface area contributed by atoms with Crippen LogP contribution in [-0.2, 0) is 29.9 Å². The first kappa shape index (κ1) is 26.5. The van der Waals surface area contributed by atoms with Gasteiger partial charge in [-0.05, 0) is 23.8 Å². The number of nitrogens with one attached hydrogen (secondary N) is 1. The molecule has 2 rings (SSSR count). The molecule has 184 valence electrons. The third kappa shape index (κ3) is 7.41. The number of carbonyl (C=O) groups excluding carboxylic acids is 2. The summed E-state index contributed by atoms with van der Waals surface area (Å²) < 4.78 is 51.3. The van der Waals surface area contributed by atoms with Gasteiger partial charge in [0.2, 0.25) is 0 Å². The molecule has 0 saturated carbocycles. The molecule has 0 aliphatic rings. The van der Waals surface area contributed by atoms with E-state index in [-0.39, 0.29) is 11.4 Å². The van der Waals surface area contributed by atoms with Gasteiger partial charge in [-0.15, -0.1) is 0 Å². The fourth-order valence-electron chi connectivity index (χ4n) is 2.95. The molecule has 0 fully saturated rings. The van der Waals surface area contributed by atoms with Crippen molar-refractivity contribution < 1.29 is 41.7 Å². The van der Waals surface area contributed by atoms with Crippen molar-refractivity contribution in [3.8, 4) is 23.0 Å². The Labute approximate surface area is 198 Å². The molecule has 0 bridgehead atoms. The fraction of sp³-hybridized carbons (Fsp3) is 0.304. The second-order valence-electron chi connectivity index (χ2n) is 6.92. The van der Waals surface area contributed by atoms with Gasteiger partial charge >= 0.3 is 5.97 Å². The van der Waals surface area contributed by atoms with E-state index in [2.05, 4.69) is 10.1 Å². The molecule has 0 spiro atoms. The zero-order valence-electron chi connectivity index (χ0n) is 19.5. The molecule has 0 radical (unpaired) electrons. The Kier molecular flexibility index (Phi) is 9.31. The topological polar surface area (TPSA) is 126 Å². The molecule has 0 saturated heterocycles. The Bertz CT molecular complexity index is 1150. The Morgan fingerprint density at radius 3 is 2.06 bits per heavy atom. The standard InChI is InChI=1S/C23H27NO9S/c1-15(25)33-13-23(26)24-19-10-16(6-7-20(19)30-3)14-34(27,28)9-8-18-21(31-4)11-17(29-2)12-22(18)32-5/h6-12H,13-14H2,1-5H3,(H,24,26)/b9-8-. The van der Waals surface area contributed by atoms with Gasteiger partial charge in [-0.25, -0.2) is 8.42 Å². The highest BCUT2D eigenvalue weighted by atomic mass is 32.2. The Morgan fingerprint density at radius 2 is 1.53 bits per heavy atom.